The van der Waals surface area contributed by atoms with E-state index < -0.39 is 25.8 Å². The Bertz CT molecular complexity index is 280. The summed E-state index contributed by atoms with van der Waals surface area (Å²) in [6, 6.07) is 1.09. The maximum absolute atomic E-state index is 12.4. The van der Waals surface area contributed by atoms with E-state index in [1.165, 1.54) is 0 Å². The molecule has 2 N–H and O–H groups in total. The molecular weight excluding hydrogens is 192 g/mol. The lowest BCUT2D eigenvalue weighted by Gasteiger charge is -2.02. The highest BCUT2D eigenvalue weighted by Gasteiger charge is 2.13. The smallest absolute Gasteiger partial charge is 0.199 e. The van der Waals surface area contributed by atoms with Gasteiger partial charge in [-0.25, -0.2) is 13.2 Å². The van der Waals surface area contributed by atoms with E-state index in [9.17, 15) is 13.2 Å². The zero-order valence-corrected chi connectivity index (χ0v) is 6.52. The van der Waals surface area contributed by atoms with Crippen LogP contribution in [-0.2, 0) is 0 Å². The highest BCUT2D eigenvalue weighted by molar-refractivity contribution is 7.54. The molecule has 0 unspecified atom stereocenters. The first-order chi connectivity index (χ1) is 5.52. The van der Waals surface area contributed by atoms with Gasteiger partial charge in [0, 0.05) is 5.30 Å². The fourth-order valence-electron chi connectivity index (χ4n) is 0.658. The molecular formula is C6H4F3O2P. The lowest BCUT2D eigenvalue weighted by Crippen LogP contribution is -2.05. The number of benzene rings is 1. The van der Waals surface area contributed by atoms with E-state index in [0.29, 0.717) is 12.1 Å². The van der Waals surface area contributed by atoms with Gasteiger partial charge >= 0.3 is 0 Å². The summed E-state index contributed by atoms with van der Waals surface area (Å²) >= 11 is 0. The van der Waals surface area contributed by atoms with Crippen molar-refractivity contribution in [2.24, 2.45) is 0 Å². The summed E-state index contributed by atoms with van der Waals surface area (Å²) in [6.07, 6.45) is 0. The number of rotatable bonds is 1. The summed E-state index contributed by atoms with van der Waals surface area (Å²) in [7, 11) is -2.59. The van der Waals surface area contributed by atoms with Crippen LogP contribution in [0, 0.1) is 17.5 Å². The van der Waals surface area contributed by atoms with Crippen LogP contribution in [0.25, 0.3) is 0 Å². The molecule has 1 aromatic rings. The highest BCUT2D eigenvalue weighted by Crippen LogP contribution is 2.23. The Kier molecular flexibility index (Phi) is 2.67. The lowest BCUT2D eigenvalue weighted by atomic mass is 10.3. The second-order valence-electron chi connectivity index (χ2n) is 2.01. The quantitative estimate of drug-likeness (QED) is 0.520. The molecule has 0 fully saturated rings. The maximum atomic E-state index is 12.4. The molecule has 0 radical (unpaired) electrons. The van der Waals surface area contributed by atoms with Crippen LogP contribution >= 0.6 is 8.38 Å². The largest absolute Gasteiger partial charge is 0.347 e. The molecule has 66 valence electrons. The van der Waals surface area contributed by atoms with Crippen LogP contribution in [0.4, 0.5) is 13.2 Å². The zero-order valence-electron chi connectivity index (χ0n) is 5.63. The Hall–Kier alpha value is -0.640. The van der Waals surface area contributed by atoms with Gasteiger partial charge < -0.3 is 9.79 Å². The average molecular weight is 196 g/mol. The number of hydrogen-bond acceptors (Lipinski definition) is 2. The van der Waals surface area contributed by atoms with Crippen molar-refractivity contribution in [3.05, 3.63) is 29.6 Å². The van der Waals surface area contributed by atoms with Crippen molar-refractivity contribution in [3.8, 4) is 0 Å². The third kappa shape index (κ3) is 1.75. The summed E-state index contributed by atoms with van der Waals surface area (Å²) < 4.78 is 37.0. The third-order valence-corrected chi connectivity index (χ3v) is 1.92. The molecule has 0 saturated heterocycles. The molecule has 0 saturated carbocycles. The van der Waals surface area contributed by atoms with Gasteiger partial charge in [-0.2, -0.15) is 0 Å². The van der Waals surface area contributed by atoms with Gasteiger partial charge in [0.2, 0.25) is 0 Å². The van der Waals surface area contributed by atoms with E-state index in [1.54, 1.807) is 0 Å². The Morgan fingerprint density at radius 2 is 1.42 bits per heavy atom. The van der Waals surface area contributed by atoms with Crippen LogP contribution in [0.15, 0.2) is 12.1 Å². The first kappa shape index (κ1) is 9.45. The van der Waals surface area contributed by atoms with Gasteiger partial charge in [0.25, 0.3) is 0 Å². The Morgan fingerprint density at radius 3 is 1.75 bits per heavy atom. The molecule has 6 heteroatoms. The van der Waals surface area contributed by atoms with E-state index >= 15 is 0 Å². The molecule has 0 spiro atoms. The van der Waals surface area contributed by atoms with Crippen molar-refractivity contribution in [2.75, 3.05) is 0 Å². The Balaban J connectivity index is 3.21. The standard InChI is InChI=1S/C6H4F3O2P/c7-4-1-3(12(10)11)2-5(8)6(4)9/h1-2,10-11H. The van der Waals surface area contributed by atoms with Crippen LogP contribution in [0.3, 0.4) is 0 Å². The van der Waals surface area contributed by atoms with Crippen molar-refractivity contribution in [1.82, 2.24) is 0 Å². The van der Waals surface area contributed by atoms with Crippen LogP contribution in [0.2, 0.25) is 0 Å². The van der Waals surface area contributed by atoms with Crippen molar-refractivity contribution >= 4 is 13.7 Å². The average Bonchev–Trinajstić information content (AvgIpc) is 1.99. The summed E-state index contributed by atoms with van der Waals surface area (Å²) in [5, 5.41) is -0.360. The Labute approximate surface area is 67.2 Å². The SMILES string of the molecule is OP(O)c1cc(F)c(F)c(F)c1. The van der Waals surface area contributed by atoms with Crippen LogP contribution < -0.4 is 5.30 Å². The molecule has 2 nitrogen and oxygen atoms in total. The topological polar surface area (TPSA) is 40.5 Å². The van der Waals surface area contributed by atoms with Crippen LogP contribution in [0.5, 0.6) is 0 Å². The van der Waals surface area contributed by atoms with Gasteiger partial charge in [0.1, 0.15) is 0 Å². The van der Waals surface area contributed by atoms with Gasteiger partial charge in [-0.05, 0) is 12.1 Å². The molecule has 0 aliphatic carbocycles. The van der Waals surface area contributed by atoms with Crippen molar-refractivity contribution < 1.29 is 23.0 Å². The molecule has 0 aliphatic heterocycles. The second-order valence-corrected chi connectivity index (χ2v) is 3.11. The fourth-order valence-corrected chi connectivity index (χ4v) is 1.12. The Morgan fingerprint density at radius 1 is 1.00 bits per heavy atom. The maximum Gasteiger partial charge on any atom is 0.199 e. The zero-order chi connectivity index (χ0) is 9.30. The van der Waals surface area contributed by atoms with Crippen molar-refractivity contribution in [2.45, 2.75) is 0 Å². The van der Waals surface area contributed by atoms with Gasteiger partial charge in [0.05, 0.1) is 0 Å². The molecule has 0 amide bonds. The minimum absolute atomic E-state index is 0.360. The monoisotopic (exact) mass is 196 g/mol. The lowest BCUT2D eigenvalue weighted by molar-refractivity contribution is 0.446. The van der Waals surface area contributed by atoms with Gasteiger partial charge in [-0.3, -0.25) is 0 Å². The van der Waals surface area contributed by atoms with E-state index in [2.05, 4.69) is 0 Å². The minimum Gasteiger partial charge on any atom is -0.347 e. The van der Waals surface area contributed by atoms with Crippen LogP contribution in [0.1, 0.15) is 0 Å². The van der Waals surface area contributed by atoms with Gasteiger partial charge in [0.15, 0.2) is 25.8 Å². The summed E-state index contributed by atoms with van der Waals surface area (Å²) in [5.74, 6) is -4.48. The third-order valence-electron chi connectivity index (χ3n) is 1.20. The normalized spacial score (nSPS) is 10.8. The van der Waals surface area contributed by atoms with Crippen molar-refractivity contribution in [1.29, 1.82) is 0 Å². The first-order valence-electron chi connectivity index (χ1n) is 2.85. The predicted octanol–water partition coefficient (Wildman–Crippen LogP) is 1.03. The molecule has 0 heterocycles. The van der Waals surface area contributed by atoms with Crippen molar-refractivity contribution in [3.63, 3.8) is 0 Å². The van der Waals surface area contributed by atoms with E-state index in [-0.39, 0.29) is 5.30 Å². The van der Waals surface area contributed by atoms with E-state index in [0.717, 1.165) is 0 Å². The number of hydrogen-bond donors (Lipinski definition) is 2. The molecule has 0 aliphatic rings. The minimum atomic E-state index is -2.59. The predicted molar refractivity (Wildman–Crippen MR) is 37.3 cm³/mol. The molecule has 0 atom stereocenters. The molecule has 0 bridgehead atoms. The molecule has 1 rings (SSSR count). The van der Waals surface area contributed by atoms with Crippen LogP contribution in [-0.4, -0.2) is 9.79 Å². The first-order valence-corrected chi connectivity index (χ1v) is 4.09. The van der Waals surface area contributed by atoms with E-state index in [4.69, 9.17) is 9.79 Å². The summed E-state index contributed by atoms with van der Waals surface area (Å²) in [6.45, 7) is 0. The molecule has 12 heavy (non-hydrogen) atoms. The summed E-state index contributed by atoms with van der Waals surface area (Å²) in [5.41, 5.74) is 0. The molecule has 0 aromatic heterocycles. The number of halogens is 3. The summed E-state index contributed by atoms with van der Waals surface area (Å²) in [4.78, 5) is 17.1. The molecule has 1 aromatic carbocycles. The van der Waals surface area contributed by atoms with Gasteiger partial charge in [-0.1, -0.05) is 0 Å². The highest BCUT2D eigenvalue weighted by atomic mass is 31.2. The van der Waals surface area contributed by atoms with E-state index in [1.807, 2.05) is 0 Å². The second kappa shape index (κ2) is 3.39. The van der Waals surface area contributed by atoms with Gasteiger partial charge in [-0.15, -0.1) is 0 Å². The fraction of sp³-hybridized carbons (Fsp3) is 0.